The smallest absolute Gasteiger partial charge is 0.265 e. The van der Waals surface area contributed by atoms with Crippen LogP contribution in [0.15, 0.2) is 23.1 Å². The number of amides is 1. The van der Waals surface area contributed by atoms with Gasteiger partial charge < -0.3 is 10.1 Å². The van der Waals surface area contributed by atoms with Gasteiger partial charge in [-0.2, -0.15) is 4.83 Å². The standard InChI is InChI=1S/C9H11N3O4S/c1-5-9(13)11-7-4-6(17(14,15)12-10)2-3-8(7)16-5/h2-5,12H,10H2,1H3,(H,11,13). The predicted octanol–water partition coefficient (Wildman–Crippen LogP) is -0.442. The van der Waals surface area contributed by atoms with Crippen LogP contribution in [0.4, 0.5) is 5.69 Å². The fourth-order valence-corrected chi connectivity index (χ4v) is 2.08. The molecule has 4 N–H and O–H groups in total. The van der Waals surface area contributed by atoms with Crippen molar-refractivity contribution in [2.75, 3.05) is 5.32 Å². The molecule has 0 aliphatic carbocycles. The number of anilines is 1. The molecule has 0 fully saturated rings. The Balaban J connectivity index is 2.46. The summed E-state index contributed by atoms with van der Waals surface area (Å²) in [6.07, 6.45) is -0.599. The van der Waals surface area contributed by atoms with Crippen LogP contribution >= 0.6 is 0 Å². The highest BCUT2D eigenvalue weighted by molar-refractivity contribution is 7.89. The molecule has 1 amide bonds. The Kier molecular flexibility index (Phi) is 2.77. The number of carbonyl (C=O) groups excluding carboxylic acids is 1. The zero-order valence-corrected chi connectivity index (χ0v) is 9.74. The van der Waals surface area contributed by atoms with Crippen molar-refractivity contribution in [2.24, 2.45) is 5.84 Å². The number of benzene rings is 1. The highest BCUT2D eigenvalue weighted by atomic mass is 32.2. The van der Waals surface area contributed by atoms with Gasteiger partial charge in [0.05, 0.1) is 10.6 Å². The van der Waals surface area contributed by atoms with Crippen molar-refractivity contribution in [1.29, 1.82) is 0 Å². The Labute approximate surface area is 98.0 Å². The molecule has 0 bridgehead atoms. The first kappa shape index (κ1) is 11.8. The zero-order chi connectivity index (χ0) is 12.6. The summed E-state index contributed by atoms with van der Waals surface area (Å²) < 4.78 is 28.2. The molecule has 17 heavy (non-hydrogen) atoms. The van der Waals surface area contributed by atoms with Gasteiger partial charge in [0.25, 0.3) is 15.9 Å². The second kappa shape index (κ2) is 3.99. The van der Waals surface area contributed by atoms with Gasteiger partial charge in [-0.25, -0.2) is 8.42 Å². The number of rotatable bonds is 2. The second-order valence-electron chi connectivity index (χ2n) is 3.53. The number of carbonyl (C=O) groups is 1. The van der Waals surface area contributed by atoms with Gasteiger partial charge >= 0.3 is 0 Å². The van der Waals surface area contributed by atoms with E-state index in [9.17, 15) is 13.2 Å². The average Bonchev–Trinajstić information content (AvgIpc) is 2.30. The number of fused-ring (bicyclic) bond motifs is 1. The Morgan fingerprint density at radius 2 is 2.18 bits per heavy atom. The van der Waals surface area contributed by atoms with Crippen molar-refractivity contribution in [1.82, 2.24) is 4.83 Å². The molecule has 0 saturated carbocycles. The van der Waals surface area contributed by atoms with Crippen LogP contribution in [-0.4, -0.2) is 20.4 Å². The van der Waals surface area contributed by atoms with E-state index in [2.05, 4.69) is 5.32 Å². The molecule has 0 radical (unpaired) electrons. The van der Waals surface area contributed by atoms with E-state index in [0.717, 1.165) is 0 Å². The van der Waals surface area contributed by atoms with Crippen molar-refractivity contribution in [3.8, 4) is 5.75 Å². The van der Waals surface area contributed by atoms with Crippen LogP contribution in [0.25, 0.3) is 0 Å². The number of ether oxygens (including phenoxy) is 1. The third-order valence-corrected chi connectivity index (χ3v) is 3.53. The molecule has 0 spiro atoms. The van der Waals surface area contributed by atoms with E-state index in [-0.39, 0.29) is 10.8 Å². The molecule has 1 unspecified atom stereocenters. The first-order chi connectivity index (χ1) is 7.94. The molecule has 1 aliphatic rings. The molecule has 0 aromatic heterocycles. The summed E-state index contributed by atoms with van der Waals surface area (Å²) in [7, 11) is -3.74. The average molecular weight is 257 g/mol. The first-order valence-electron chi connectivity index (χ1n) is 4.78. The SMILES string of the molecule is CC1Oc2ccc(S(=O)(=O)NN)cc2NC1=O. The minimum Gasteiger partial charge on any atom is -0.479 e. The van der Waals surface area contributed by atoms with Gasteiger partial charge in [0.2, 0.25) is 0 Å². The maximum atomic E-state index is 11.4. The maximum absolute atomic E-state index is 11.4. The molecular weight excluding hydrogens is 246 g/mol. The van der Waals surface area contributed by atoms with E-state index in [4.69, 9.17) is 10.6 Å². The molecular formula is C9H11N3O4S. The number of nitrogens with two attached hydrogens (primary N) is 1. The van der Waals surface area contributed by atoms with E-state index >= 15 is 0 Å². The number of hydrogen-bond acceptors (Lipinski definition) is 5. The van der Waals surface area contributed by atoms with Crippen LogP contribution < -0.4 is 20.7 Å². The summed E-state index contributed by atoms with van der Waals surface area (Å²) in [5.74, 6) is 5.01. The topological polar surface area (TPSA) is 111 Å². The van der Waals surface area contributed by atoms with Gasteiger partial charge in [0.15, 0.2) is 6.10 Å². The normalized spacial score (nSPS) is 19.2. The number of hydrogen-bond donors (Lipinski definition) is 3. The van der Waals surface area contributed by atoms with Crippen LogP contribution in [0.2, 0.25) is 0 Å². The zero-order valence-electron chi connectivity index (χ0n) is 8.93. The lowest BCUT2D eigenvalue weighted by Gasteiger charge is -2.23. The molecule has 1 aromatic carbocycles. The maximum Gasteiger partial charge on any atom is 0.265 e. The van der Waals surface area contributed by atoms with Crippen LogP contribution in [-0.2, 0) is 14.8 Å². The van der Waals surface area contributed by atoms with Crippen molar-refractivity contribution in [3.05, 3.63) is 18.2 Å². The summed E-state index contributed by atoms with van der Waals surface area (Å²) in [5, 5.41) is 2.55. The number of nitrogens with one attached hydrogen (secondary N) is 2. The van der Waals surface area contributed by atoms with Crippen molar-refractivity contribution in [3.63, 3.8) is 0 Å². The summed E-state index contributed by atoms with van der Waals surface area (Å²) in [4.78, 5) is 13.0. The molecule has 0 saturated heterocycles. The predicted molar refractivity (Wildman–Crippen MR) is 59.7 cm³/mol. The fourth-order valence-electron chi connectivity index (χ4n) is 1.42. The lowest BCUT2D eigenvalue weighted by Crippen LogP contribution is -2.35. The lowest BCUT2D eigenvalue weighted by atomic mass is 10.2. The molecule has 8 heteroatoms. The molecule has 7 nitrogen and oxygen atoms in total. The number of hydrazine groups is 1. The third kappa shape index (κ3) is 2.09. The van der Waals surface area contributed by atoms with Crippen molar-refractivity contribution < 1.29 is 17.9 Å². The van der Waals surface area contributed by atoms with Gasteiger partial charge in [-0.15, -0.1) is 0 Å². The van der Waals surface area contributed by atoms with E-state index in [1.54, 1.807) is 11.8 Å². The third-order valence-electron chi connectivity index (χ3n) is 2.35. The van der Waals surface area contributed by atoms with E-state index in [0.29, 0.717) is 11.4 Å². The van der Waals surface area contributed by atoms with Crippen LogP contribution in [0.1, 0.15) is 6.92 Å². The van der Waals surface area contributed by atoms with Crippen LogP contribution in [0.5, 0.6) is 5.75 Å². The van der Waals surface area contributed by atoms with Gasteiger partial charge in [-0.1, -0.05) is 0 Å². The summed E-state index contributed by atoms with van der Waals surface area (Å²) >= 11 is 0. The van der Waals surface area contributed by atoms with E-state index in [1.807, 2.05) is 0 Å². The summed E-state index contributed by atoms with van der Waals surface area (Å²) in [5.41, 5.74) is 0.310. The van der Waals surface area contributed by atoms with E-state index in [1.165, 1.54) is 18.2 Å². The highest BCUT2D eigenvalue weighted by Gasteiger charge is 2.25. The number of sulfonamides is 1. The summed E-state index contributed by atoms with van der Waals surface area (Å²) in [6.45, 7) is 1.60. The molecule has 1 heterocycles. The largest absolute Gasteiger partial charge is 0.479 e. The van der Waals surface area contributed by atoms with Crippen LogP contribution in [0.3, 0.4) is 0 Å². The van der Waals surface area contributed by atoms with Gasteiger partial charge in [-0.05, 0) is 25.1 Å². The van der Waals surface area contributed by atoms with Crippen LogP contribution in [0, 0.1) is 0 Å². The van der Waals surface area contributed by atoms with Crippen molar-refractivity contribution >= 4 is 21.6 Å². The monoisotopic (exact) mass is 257 g/mol. The molecule has 2 rings (SSSR count). The molecule has 92 valence electrons. The minimum atomic E-state index is -3.74. The minimum absolute atomic E-state index is 0.0443. The van der Waals surface area contributed by atoms with Gasteiger partial charge in [-0.3, -0.25) is 10.6 Å². The molecule has 1 atom stereocenters. The molecule has 1 aliphatic heterocycles. The Morgan fingerprint density at radius 1 is 1.47 bits per heavy atom. The van der Waals surface area contributed by atoms with Gasteiger partial charge in [0, 0.05) is 0 Å². The quantitative estimate of drug-likeness (QED) is 0.491. The first-order valence-corrected chi connectivity index (χ1v) is 6.26. The Bertz CT molecular complexity index is 570. The fraction of sp³-hybridized carbons (Fsp3) is 0.222. The Hall–Kier alpha value is -1.64. The lowest BCUT2D eigenvalue weighted by molar-refractivity contribution is -0.122. The van der Waals surface area contributed by atoms with Gasteiger partial charge in [0.1, 0.15) is 5.75 Å². The summed E-state index contributed by atoms with van der Waals surface area (Å²) in [6, 6.07) is 4.10. The van der Waals surface area contributed by atoms with Crippen molar-refractivity contribution in [2.45, 2.75) is 17.9 Å². The second-order valence-corrected chi connectivity index (χ2v) is 5.24. The van der Waals surface area contributed by atoms with E-state index < -0.39 is 16.1 Å². The Morgan fingerprint density at radius 3 is 2.82 bits per heavy atom. The highest BCUT2D eigenvalue weighted by Crippen LogP contribution is 2.31. The molecule has 1 aromatic rings.